The van der Waals surface area contributed by atoms with Gasteiger partial charge in [0.2, 0.25) is 0 Å². The predicted molar refractivity (Wildman–Crippen MR) is 103 cm³/mol. The van der Waals surface area contributed by atoms with Gasteiger partial charge in [-0.25, -0.2) is 4.31 Å². The zero-order valence-corrected chi connectivity index (χ0v) is 16.0. The third kappa shape index (κ3) is 3.14. The minimum absolute atomic E-state index is 0.560. The van der Waals surface area contributed by atoms with Crippen LogP contribution in [0.3, 0.4) is 0 Å². The molecule has 2 aliphatic rings. The smallest absolute Gasteiger partial charge is 0.0578 e. The van der Waals surface area contributed by atoms with E-state index in [2.05, 4.69) is 74.6 Å². The Balaban J connectivity index is 1.83. The molecule has 120 valence electrons. The van der Waals surface area contributed by atoms with Gasteiger partial charge in [0.05, 0.1) is 10.7 Å². The second-order valence-electron chi connectivity index (χ2n) is 6.22. The fourth-order valence-electron chi connectivity index (χ4n) is 3.20. The Morgan fingerprint density at radius 3 is 2.61 bits per heavy atom. The van der Waals surface area contributed by atoms with Gasteiger partial charge in [-0.1, -0.05) is 29.8 Å². The summed E-state index contributed by atoms with van der Waals surface area (Å²) < 4.78 is 3.39. The molecule has 1 heterocycles. The minimum Gasteiger partial charge on any atom is -0.339 e. The van der Waals surface area contributed by atoms with Crippen LogP contribution in [-0.4, -0.2) is 23.9 Å². The highest BCUT2D eigenvalue weighted by Gasteiger charge is 2.38. The number of fused-ring (bicyclic) bond motifs is 1. The molecule has 4 rings (SSSR count). The Bertz CT molecular complexity index is 720. The van der Waals surface area contributed by atoms with E-state index in [1.54, 1.807) is 0 Å². The van der Waals surface area contributed by atoms with Gasteiger partial charge in [0, 0.05) is 27.6 Å². The van der Waals surface area contributed by atoms with Crippen LogP contribution in [0.25, 0.3) is 0 Å². The minimum atomic E-state index is 0.560. The molecule has 2 aromatic carbocycles. The summed E-state index contributed by atoms with van der Waals surface area (Å²) in [4.78, 5) is 3.67. The second-order valence-corrected chi connectivity index (χ2v) is 8.68. The quantitative estimate of drug-likeness (QED) is 0.564. The van der Waals surface area contributed by atoms with Crippen molar-refractivity contribution in [2.75, 3.05) is 18.5 Å². The van der Waals surface area contributed by atoms with Crippen molar-refractivity contribution in [3.63, 3.8) is 0 Å². The highest BCUT2D eigenvalue weighted by molar-refractivity contribution is 9.10. The summed E-state index contributed by atoms with van der Waals surface area (Å²) >= 11 is 11.8. The summed E-state index contributed by atoms with van der Waals surface area (Å²) in [6.45, 7) is 1.00. The van der Waals surface area contributed by atoms with Crippen LogP contribution in [0, 0.1) is 5.92 Å². The van der Waals surface area contributed by atoms with Crippen LogP contribution >= 0.6 is 39.5 Å². The van der Waals surface area contributed by atoms with E-state index in [1.165, 1.54) is 29.1 Å². The zero-order chi connectivity index (χ0) is 16.0. The molecule has 2 nitrogen and oxygen atoms in total. The van der Waals surface area contributed by atoms with E-state index in [0.29, 0.717) is 6.04 Å². The monoisotopic (exact) mass is 408 g/mol. The molecular weight excluding hydrogens is 392 g/mol. The third-order valence-corrected chi connectivity index (χ3v) is 6.89. The first-order valence-electron chi connectivity index (χ1n) is 7.86. The topological polar surface area (TPSA) is 6.48 Å². The molecule has 0 N–H and O–H groups in total. The van der Waals surface area contributed by atoms with Gasteiger partial charge in [-0.15, -0.1) is 0 Å². The van der Waals surface area contributed by atoms with Gasteiger partial charge in [-0.05, 0) is 78.0 Å². The standard InChI is InChI=1S/C18H18BrClN2S/c1-21-17(12-7-8-12)11-22(13-5-3-2-4-6-13)16-10-15(20)14(19)9-18(16)23-21/h2-6,9-10,12,17H,7-8,11H2,1H3/t17-/m0/s1. The summed E-state index contributed by atoms with van der Waals surface area (Å²) in [7, 11) is 2.22. The van der Waals surface area contributed by atoms with Gasteiger partial charge in [-0.2, -0.15) is 0 Å². The Morgan fingerprint density at radius 2 is 1.91 bits per heavy atom. The molecule has 0 radical (unpaired) electrons. The number of halogens is 2. The molecule has 0 unspecified atom stereocenters. The predicted octanol–water partition coefficient (Wildman–Crippen LogP) is 5.97. The number of benzene rings is 2. The van der Waals surface area contributed by atoms with Crippen molar-refractivity contribution >= 4 is 50.9 Å². The average Bonchev–Trinajstić information content (AvgIpc) is 3.37. The summed E-state index contributed by atoms with van der Waals surface area (Å²) in [5, 5.41) is 0.762. The van der Waals surface area contributed by atoms with Crippen molar-refractivity contribution in [2.45, 2.75) is 23.8 Å². The first-order valence-corrected chi connectivity index (χ1v) is 9.80. The molecule has 1 saturated carbocycles. The summed E-state index contributed by atoms with van der Waals surface area (Å²) in [6.07, 6.45) is 2.69. The summed E-state index contributed by atoms with van der Waals surface area (Å²) in [5.74, 6) is 0.812. The summed E-state index contributed by atoms with van der Waals surface area (Å²) in [6, 6.07) is 15.4. The van der Waals surface area contributed by atoms with E-state index in [1.807, 2.05) is 11.9 Å². The van der Waals surface area contributed by atoms with Gasteiger partial charge in [0.1, 0.15) is 0 Å². The van der Waals surface area contributed by atoms with Crippen molar-refractivity contribution in [1.82, 2.24) is 4.31 Å². The van der Waals surface area contributed by atoms with Crippen LogP contribution in [-0.2, 0) is 0 Å². The number of hydrogen-bond donors (Lipinski definition) is 0. The van der Waals surface area contributed by atoms with Crippen molar-refractivity contribution in [3.8, 4) is 0 Å². The molecule has 2 aromatic rings. The lowest BCUT2D eigenvalue weighted by atomic mass is 10.1. The van der Waals surface area contributed by atoms with Crippen LogP contribution in [0.5, 0.6) is 0 Å². The lowest BCUT2D eigenvalue weighted by Crippen LogP contribution is -2.37. The SMILES string of the molecule is CN1Sc2cc(Br)c(Cl)cc2N(c2ccccc2)C[C@H]1C1CC1. The molecule has 0 saturated heterocycles. The van der Waals surface area contributed by atoms with Crippen LogP contribution in [0.2, 0.25) is 5.02 Å². The van der Waals surface area contributed by atoms with Gasteiger partial charge in [0.25, 0.3) is 0 Å². The second kappa shape index (κ2) is 6.32. The Morgan fingerprint density at radius 1 is 1.17 bits per heavy atom. The number of anilines is 2. The van der Waals surface area contributed by atoms with Gasteiger partial charge in [0.15, 0.2) is 0 Å². The number of rotatable bonds is 2. The number of likely N-dealkylation sites (N-methyl/N-ethyl adjacent to an activating group) is 1. The van der Waals surface area contributed by atoms with E-state index in [0.717, 1.165) is 22.0 Å². The highest BCUT2D eigenvalue weighted by Crippen LogP contribution is 2.47. The highest BCUT2D eigenvalue weighted by atomic mass is 79.9. The number of hydrogen-bond acceptors (Lipinski definition) is 3. The van der Waals surface area contributed by atoms with Crippen molar-refractivity contribution < 1.29 is 0 Å². The van der Waals surface area contributed by atoms with Crippen molar-refractivity contribution in [2.24, 2.45) is 5.92 Å². The van der Waals surface area contributed by atoms with E-state index in [-0.39, 0.29) is 0 Å². The fourth-order valence-corrected chi connectivity index (χ4v) is 4.98. The Kier molecular flexibility index (Phi) is 4.35. The van der Waals surface area contributed by atoms with E-state index in [9.17, 15) is 0 Å². The lowest BCUT2D eigenvalue weighted by molar-refractivity contribution is 0.375. The maximum atomic E-state index is 6.40. The molecule has 5 heteroatoms. The Hall–Kier alpha value is -0.680. The van der Waals surface area contributed by atoms with Gasteiger partial charge >= 0.3 is 0 Å². The zero-order valence-electron chi connectivity index (χ0n) is 12.9. The van der Waals surface area contributed by atoms with Crippen LogP contribution in [0.1, 0.15) is 12.8 Å². The van der Waals surface area contributed by atoms with Crippen molar-refractivity contribution in [3.05, 3.63) is 52.0 Å². The Labute approximate surface area is 155 Å². The molecule has 0 amide bonds. The molecule has 0 aromatic heterocycles. The molecule has 1 atom stereocenters. The largest absolute Gasteiger partial charge is 0.339 e. The lowest BCUT2D eigenvalue weighted by Gasteiger charge is -2.30. The summed E-state index contributed by atoms with van der Waals surface area (Å²) in [5.41, 5.74) is 2.43. The van der Waals surface area contributed by atoms with E-state index in [4.69, 9.17) is 11.6 Å². The van der Waals surface area contributed by atoms with Gasteiger partial charge in [-0.3, -0.25) is 0 Å². The molecule has 0 bridgehead atoms. The molecule has 1 aliphatic heterocycles. The number of nitrogens with zero attached hydrogens (tertiary/aromatic N) is 2. The van der Waals surface area contributed by atoms with E-state index >= 15 is 0 Å². The van der Waals surface area contributed by atoms with E-state index < -0.39 is 0 Å². The molecule has 1 aliphatic carbocycles. The average molecular weight is 410 g/mol. The molecule has 0 spiro atoms. The molecule has 23 heavy (non-hydrogen) atoms. The number of para-hydroxylation sites is 1. The van der Waals surface area contributed by atoms with Crippen LogP contribution in [0.4, 0.5) is 11.4 Å². The fraction of sp³-hybridized carbons (Fsp3) is 0.333. The van der Waals surface area contributed by atoms with Gasteiger partial charge < -0.3 is 4.90 Å². The van der Waals surface area contributed by atoms with Crippen LogP contribution < -0.4 is 4.90 Å². The first-order chi connectivity index (χ1) is 11.1. The third-order valence-electron chi connectivity index (χ3n) is 4.61. The molecule has 1 fully saturated rings. The first kappa shape index (κ1) is 15.8. The molecular formula is C18H18BrClN2S. The maximum absolute atomic E-state index is 6.40. The normalized spacial score (nSPS) is 21.9. The maximum Gasteiger partial charge on any atom is 0.0578 e. The van der Waals surface area contributed by atoms with Crippen LogP contribution in [0.15, 0.2) is 51.8 Å². The van der Waals surface area contributed by atoms with Crippen molar-refractivity contribution in [1.29, 1.82) is 0 Å².